The first-order valence-electron chi connectivity index (χ1n) is 9.49. The van der Waals surface area contributed by atoms with Gasteiger partial charge in [-0.2, -0.15) is 0 Å². The number of hydrogen-bond acceptors (Lipinski definition) is 4. The molecule has 0 bridgehead atoms. The SMILES string of the molecule is C=C(C)CC(C)C.CO[SiH](C)O[Si](C)(C)C.CO[Si](C)(O[Si](C)(C)C)PP. The molecule has 4 atom stereocenters. The Balaban J connectivity index is -0.000000329. The van der Waals surface area contributed by atoms with E-state index in [2.05, 4.69) is 88.7 Å². The van der Waals surface area contributed by atoms with Gasteiger partial charge in [-0.05, 0) is 71.6 Å². The molecule has 4 nitrogen and oxygen atoms in total. The summed E-state index contributed by atoms with van der Waals surface area (Å²) in [7, 11) is 1.19. The highest BCUT2D eigenvalue weighted by Crippen LogP contribution is 2.37. The van der Waals surface area contributed by atoms with Crippen LogP contribution in [0.4, 0.5) is 0 Å². The molecule has 0 rings (SSSR count). The number of rotatable bonds is 9. The van der Waals surface area contributed by atoms with Gasteiger partial charge in [0, 0.05) is 14.2 Å². The van der Waals surface area contributed by atoms with Gasteiger partial charge in [0.1, 0.15) is 0 Å². The third kappa shape index (κ3) is 29.6. The fourth-order valence-electron chi connectivity index (χ4n) is 1.96. The van der Waals surface area contributed by atoms with Gasteiger partial charge in [0.05, 0.1) is 0 Å². The normalized spacial score (nSPS) is 15.5. The third-order valence-corrected chi connectivity index (χ3v) is 20.7. The minimum atomic E-state index is -1.78. The summed E-state index contributed by atoms with van der Waals surface area (Å²) in [5.74, 6) is 0.775. The summed E-state index contributed by atoms with van der Waals surface area (Å²) in [5.41, 5.74) is 1.29. The Bertz CT molecular complexity index is 382. The second-order valence-electron chi connectivity index (χ2n) is 9.10. The molecule has 0 aliphatic rings. The molecule has 0 spiro atoms. The molecule has 0 aromatic rings. The standard InChI is InChI=1S/C7H14.C5H18O2P2Si2.C5H16O2Si2/c1-6(2)5-7(3)4;1-6-11(5,9-8)7-10(2,3)4;1-6-8(2)7-9(3,4)5/h7H,1,5H2,2-4H3;9H,8H2,1-5H3;8H,1-5H3. The van der Waals surface area contributed by atoms with Crippen molar-refractivity contribution in [1.29, 1.82) is 0 Å². The molecule has 0 saturated heterocycles. The summed E-state index contributed by atoms with van der Waals surface area (Å²) >= 11 is 0. The quantitative estimate of drug-likeness (QED) is 0.211. The Morgan fingerprint density at radius 1 is 1.04 bits per heavy atom. The Morgan fingerprint density at radius 3 is 1.56 bits per heavy atom. The molecule has 4 unspecified atom stereocenters. The topological polar surface area (TPSA) is 36.9 Å². The van der Waals surface area contributed by atoms with Gasteiger partial charge in [0.2, 0.25) is 0 Å². The van der Waals surface area contributed by atoms with Crippen LogP contribution in [0.15, 0.2) is 12.2 Å². The van der Waals surface area contributed by atoms with Crippen molar-refractivity contribution in [2.45, 2.75) is 79.6 Å². The molecule has 0 aliphatic heterocycles. The van der Waals surface area contributed by atoms with Gasteiger partial charge >= 0.3 is 17.5 Å². The minimum absolute atomic E-state index is 0.721. The Labute approximate surface area is 179 Å². The highest BCUT2D eigenvalue weighted by Gasteiger charge is 2.33. The van der Waals surface area contributed by atoms with Crippen molar-refractivity contribution < 1.29 is 17.1 Å². The largest absolute Gasteiger partial charge is 0.438 e. The van der Waals surface area contributed by atoms with Crippen LogP contribution in [0.2, 0.25) is 52.4 Å². The van der Waals surface area contributed by atoms with Gasteiger partial charge in [-0.1, -0.05) is 27.2 Å². The molecular formula is C17H48O4P2Si4. The molecule has 0 heterocycles. The van der Waals surface area contributed by atoms with Crippen molar-refractivity contribution in [1.82, 2.24) is 0 Å². The summed E-state index contributed by atoms with van der Waals surface area (Å²) in [5, 5.41) is 0. The second kappa shape index (κ2) is 16.1. The van der Waals surface area contributed by atoms with E-state index in [-0.39, 0.29) is 0 Å². The van der Waals surface area contributed by atoms with E-state index >= 15 is 0 Å². The highest BCUT2D eigenvalue weighted by molar-refractivity contribution is 8.21. The lowest BCUT2D eigenvalue weighted by Crippen LogP contribution is -2.42. The first-order valence-corrected chi connectivity index (χ1v) is 24.5. The van der Waals surface area contributed by atoms with E-state index in [0.29, 0.717) is 0 Å². The molecule has 0 N–H and O–H groups in total. The van der Waals surface area contributed by atoms with E-state index in [9.17, 15) is 0 Å². The monoisotopic (exact) mass is 490 g/mol. The van der Waals surface area contributed by atoms with E-state index in [1.54, 1.807) is 14.2 Å². The number of allylic oxidation sites excluding steroid dienone is 1. The summed E-state index contributed by atoms with van der Waals surface area (Å²) in [6.45, 7) is 27.6. The first-order chi connectivity index (χ1) is 11.9. The molecule has 0 amide bonds. The van der Waals surface area contributed by atoms with Crippen molar-refractivity contribution in [2.24, 2.45) is 5.92 Å². The average molecular weight is 491 g/mol. The van der Waals surface area contributed by atoms with Gasteiger partial charge in [-0.25, -0.2) is 0 Å². The second-order valence-corrected chi connectivity index (χ2v) is 29.7. The van der Waals surface area contributed by atoms with Gasteiger partial charge in [0.15, 0.2) is 16.6 Å². The summed E-state index contributed by atoms with van der Waals surface area (Å²) in [4.78, 5) is 0. The van der Waals surface area contributed by atoms with Gasteiger partial charge < -0.3 is 17.1 Å². The van der Waals surface area contributed by atoms with Crippen LogP contribution in [-0.2, 0) is 17.1 Å². The molecule has 0 radical (unpaired) electrons. The van der Waals surface area contributed by atoms with E-state index in [1.807, 2.05) is 0 Å². The van der Waals surface area contributed by atoms with Crippen LogP contribution in [-0.4, -0.2) is 48.4 Å². The molecule has 10 heteroatoms. The van der Waals surface area contributed by atoms with Crippen LogP contribution >= 0.6 is 16.7 Å². The first kappa shape index (κ1) is 33.0. The predicted octanol–water partition coefficient (Wildman–Crippen LogP) is 6.46. The predicted molar refractivity (Wildman–Crippen MR) is 140 cm³/mol. The maximum Gasteiger partial charge on any atom is 0.351 e. The Hall–Kier alpha value is 1.31. The van der Waals surface area contributed by atoms with Crippen molar-refractivity contribution in [3.05, 3.63) is 12.2 Å². The van der Waals surface area contributed by atoms with Crippen LogP contribution in [0.5, 0.6) is 0 Å². The van der Waals surface area contributed by atoms with Crippen LogP contribution in [0, 0.1) is 5.92 Å². The fourth-order valence-corrected chi connectivity index (χ4v) is 18.0. The molecule has 0 aromatic carbocycles. The van der Waals surface area contributed by atoms with E-state index in [1.165, 1.54) is 12.0 Å². The zero-order chi connectivity index (χ0) is 22.5. The Kier molecular flexibility index (Phi) is 19.6. The summed E-state index contributed by atoms with van der Waals surface area (Å²) in [6.07, 6.45) is 1.17. The summed E-state index contributed by atoms with van der Waals surface area (Å²) in [6, 6.07) is 0. The molecule has 166 valence electrons. The van der Waals surface area contributed by atoms with Crippen molar-refractivity contribution in [3.63, 3.8) is 0 Å². The lowest BCUT2D eigenvalue weighted by atomic mass is 10.1. The maximum atomic E-state index is 5.97. The lowest BCUT2D eigenvalue weighted by Gasteiger charge is -2.31. The minimum Gasteiger partial charge on any atom is -0.438 e. The van der Waals surface area contributed by atoms with E-state index in [4.69, 9.17) is 17.1 Å². The molecule has 0 aliphatic carbocycles. The molecule has 0 aromatic heterocycles. The van der Waals surface area contributed by atoms with Gasteiger partial charge in [0.25, 0.3) is 0 Å². The van der Waals surface area contributed by atoms with Crippen molar-refractivity contribution >= 4 is 50.9 Å². The van der Waals surface area contributed by atoms with E-state index < -0.39 is 34.1 Å². The fraction of sp³-hybridized carbons (Fsp3) is 0.882. The smallest absolute Gasteiger partial charge is 0.351 e. The highest BCUT2D eigenvalue weighted by atomic mass is 32.1. The van der Waals surface area contributed by atoms with E-state index in [0.717, 1.165) is 13.7 Å². The zero-order valence-corrected chi connectivity index (χ0v) is 26.6. The van der Waals surface area contributed by atoms with Crippen LogP contribution < -0.4 is 0 Å². The number of hydrogen-bond donors (Lipinski definition) is 0. The molecule has 0 saturated carbocycles. The van der Waals surface area contributed by atoms with Crippen LogP contribution in [0.25, 0.3) is 0 Å². The van der Waals surface area contributed by atoms with Crippen LogP contribution in [0.1, 0.15) is 27.2 Å². The third-order valence-electron chi connectivity index (χ3n) is 2.76. The lowest BCUT2D eigenvalue weighted by molar-refractivity contribution is 0.330. The molecule has 27 heavy (non-hydrogen) atoms. The maximum absolute atomic E-state index is 5.97. The van der Waals surface area contributed by atoms with Crippen molar-refractivity contribution in [3.8, 4) is 0 Å². The van der Waals surface area contributed by atoms with Gasteiger partial charge in [-0.3, -0.25) is 0 Å². The Morgan fingerprint density at radius 2 is 1.48 bits per heavy atom. The molecular weight excluding hydrogens is 442 g/mol. The summed E-state index contributed by atoms with van der Waals surface area (Å²) < 4.78 is 22.1. The molecule has 0 fully saturated rings. The average Bonchev–Trinajstić information content (AvgIpc) is 2.43. The van der Waals surface area contributed by atoms with Gasteiger partial charge in [-0.15, -0.1) is 15.5 Å². The van der Waals surface area contributed by atoms with Crippen molar-refractivity contribution in [2.75, 3.05) is 14.2 Å². The van der Waals surface area contributed by atoms with Crippen LogP contribution in [0.3, 0.4) is 0 Å². The zero-order valence-electron chi connectivity index (χ0n) is 20.3.